The Kier molecular flexibility index (Phi) is 6.31. The quantitative estimate of drug-likeness (QED) is 0.444. The fourth-order valence-electron chi connectivity index (χ4n) is 1.84. The number of esters is 1. The molecule has 1 aromatic carbocycles. The summed E-state index contributed by atoms with van der Waals surface area (Å²) in [5, 5.41) is 15.6. The van der Waals surface area contributed by atoms with Gasteiger partial charge in [0.15, 0.2) is 12.4 Å². The summed E-state index contributed by atoms with van der Waals surface area (Å²) in [7, 11) is 0. The third-order valence-electron chi connectivity index (χ3n) is 2.89. The second kappa shape index (κ2) is 8.45. The largest absolute Gasteiger partial charge is 0.477 e. The molecule has 2 rings (SSSR count). The van der Waals surface area contributed by atoms with Crippen LogP contribution in [0.25, 0.3) is 0 Å². The lowest BCUT2D eigenvalue weighted by molar-refractivity contribution is -0.385. The summed E-state index contributed by atoms with van der Waals surface area (Å²) in [5.41, 5.74) is -0.110. The molecule has 0 saturated carbocycles. The number of thiophene rings is 1. The maximum Gasteiger partial charge on any atom is 0.341 e. The molecule has 1 N–H and O–H groups in total. The number of carbonyl (C=O) groups excluding carboxylic acids is 2. The first-order chi connectivity index (χ1) is 11.9. The van der Waals surface area contributed by atoms with Crippen molar-refractivity contribution < 1.29 is 24.0 Å². The molecule has 1 heterocycles. The van der Waals surface area contributed by atoms with Crippen LogP contribution >= 0.6 is 22.9 Å². The number of benzene rings is 1. The fraction of sp³-hybridized carbons (Fsp3) is 0.200. The second-order valence-corrected chi connectivity index (χ2v) is 5.94. The van der Waals surface area contributed by atoms with Crippen molar-refractivity contribution in [1.82, 2.24) is 0 Å². The summed E-state index contributed by atoms with van der Waals surface area (Å²) < 4.78 is 10.1. The molecular weight excluding hydrogens is 372 g/mol. The summed E-state index contributed by atoms with van der Waals surface area (Å²) in [4.78, 5) is 34.1. The van der Waals surface area contributed by atoms with Crippen molar-refractivity contribution in [3.63, 3.8) is 0 Å². The van der Waals surface area contributed by atoms with E-state index in [0.29, 0.717) is 5.00 Å². The van der Waals surface area contributed by atoms with Gasteiger partial charge in [-0.2, -0.15) is 0 Å². The molecular formula is C15H13ClN2O6S. The highest BCUT2D eigenvalue weighted by molar-refractivity contribution is 7.14. The predicted molar refractivity (Wildman–Crippen MR) is 92.5 cm³/mol. The Morgan fingerprint density at radius 1 is 1.36 bits per heavy atom. The number of amides is 1. The molecule has 0 aliphatic rings. The van der Waals surface area contributed by atoms with Gasteiger partial charge in [0.1, 0.15) is 5.00 Å². The highest BCUT2D eigenvalue weighted by Crippen LogP contribution is 2.30. The van der Waals surface area contributed by atoms with Crippen molar-refractivity contribution in [2.24, 2.45) is 0 Å². The highest BCUT2D eigenvalue weighted by Gasteiger charge is 2.19. The first kappa shape index (κ1) is 18.7. The predicted octanol–water partition coefficient (Wildman–Crippen LogP) is 3.50. The number of nitrogens with one attached hydrogen (secondary N) is 1. The molecule has 1 amide bonds. The molecule has 0 unspecified atom stereocenters. The van der Waals surface area contributed by atoms with Gasteiger partial charge in [-0.15, -0.1) is 11.3 Å². The van der Waals surface area contributed by atoms with E-state index < -0.39 is 23.4 Å². The molecule has 8 nitrogen and oxygen atoms in total. The Bertz CT molecular complexity index is 807. The lowest BCUT2D eigenvalue weighted by atomic mass is 10.3. The number of anilines is 1. The minimum Gasteiger partial charge on any atom is -0.477 e. The molecule has 0 aliphatic carbocycles. The Balaban J connectivity index is 2.02. The van der Waals surface area contributed by atoms with E-state index in [1.807, 2.05) is 0 Å². The van der Waals surface area contributed by atoms with Crippen LogP contribution in [-0.2, 0) is 9.53 Å². The van der Waals surface area contributed by atoms with Crippen LogP contribution in [0.15, 0.2) is 29.6 Å². The van der Waals surface area contributed by atoms with Crippen molar-refractivity contribution in [2.45, 2.75) is 6.92 Å². The summed E-state index contributed by atoms with van der Waals surface area (Å²) in [6.07, 6.45) is 0. The van der Waals surface area contributed by atoms with Crippen molar-refractivity contribution in [3.8, 4) is 5.75 Å². The molecule has 2 aromatic rings. The van der Waals surface area contributed by atoms with E-state index in [0.717, 1.165) is 17.4 Å². The summed E-state index contributed by atoms with van der Waals surface area (Å²) >= 11 is 6.86. The molecule has 0 aliphatic heterocycles. The Labute approximate surface area is 151 Å². The third-order valence-corrected chi connectivity index (χ3v) is 3.95. The smallest absolute Gasteiger partial charge is 0.341 e. The minimum atomic E-state index is -0.656. The van der Waals surface area contributed by atoms with Gasteiger partial charge >= 0.3 is 11.7 Å². The highest BCUT2D eigenvalue weighted by atomic mass is 35.5. The van der Waals surface area contributed by atoms with Gasteiger partial charge in [-0.25, -0.2) is 4.79 Å². The molecule has 0 saturated heterocycles. The zero-order chi connectivity index (χ0) is 18.4. The first-order valence-corrected chi connectivity index (χ1v) is 8.29. The second-order valence-electron chi connectivity index (χ2n) is 4.59. The average molecular weight is 385 g/mol. The van der Waals surface area contributed by atoms with Gasteiger partial charge in [0, 0.05) is 11.1 Å². The third kappa shape index (κ3) is 4.91. The lowest BCUT2D eigenvalue weighted by Crippen LogP contribution is -2.21. The Morgan fingerprint density at radius 2 is 2.12 bits per heavy atom. The van der Waals surface area contributed by atoms with Crippen LogP contribution in [0.1, 0.15) is 17.3 Å². The number of halogens is 1. The molecule has 1 aromatic heterocycles. The number of nitro groups is 1. The molecule has 10 heteroatoms. The van der Waals surface area contributed by atoms with E-state index in [-0.39, 0.29) is 28.6 Å². The molecule has 0 atom stereocenters. The SMILES string of the molecule is CCOC(=O)c1ccsc1NC(=O)COc1ccc(Cl)cc1[N+](=O)[O-]. The number of nitrogens with zero attached hydrogens (tertiary/aromatic N) is 1. The molecule has 132 valence electrons. The first-order valence-electron chi connectivity index (χ1n) is 7.03. The van der Waals surface area contributed by atoms with E-state index >= 15 is 0 Å². The molecule has 25 heavy (non-hydrogen) atoms. The van der Waals surface area contributed by atoms with E-state index in [1.54, 1.807) is 12.3 Å². The number of hydrogen-bond donors (Lipinski definition) is 1. The van der Waals surface area contributed by atoms with Crippen LogP contribution in [0, 0.1) is 10.1 Å². The minimum absolute atomic E-state index is 0.0821. The van der Waals surface area contributed by atoms with Gasteiger partial charge in [0.25, 0.3) is 5.91 Å². The molecule has 0 spiro atoms. The topological polar surface area (TPSA) is 108 Å². The van der Waals surface area contributed by atoms with E-state index in [4.69, 9.17) is 21.1 Å². The van der Waals surface area contributed by atoms with Gasteiger partial charge < -0.3 is 14.8 Å². The van der Waals surface area contributed by atoms with Crippen LogP contribution < -0.4 is 10.1 Å². The Morgan fingerprint density at radius 3 is 2.80 bits per heavy atom. The summed E-state index contributed by atoms with van der Waals surface area (Å²) in [6, 6.07) is 5.39. The van der Waals surface area contributed by atoms with Gasteiger partial charge in [-0.3, -0.25) is 14.9 Å². The lowest BCUT2D eigenvalue weighted by Gasteiger charge is -2.08. The number of hydrogen-bond acceptors (Lipinski definition) is 7. The van der Waals surface area contributed by atoms with Crippen LogP contribution in [0.5, 0.6) is 5.75 Å². The van der Waals surface area contributed by atoms with Crippen LogP contribution in [0.3, 0.4) is 0 Å². The van der Waals surface area contributed by atoms with Crippen molar-refractivity contribution >= 4 is 45.5 Å². The van der Waals surface area contributed by atoms with Crippen molar-refractivity contribution in [3.05, 3.63) is 50.3 Å². The fourth-order valence-corrected chi connectivity index (χ4v) is 2.79. The van der Waals surface area contributed by atoms with Gasteiger partial charge in [-0.1, -0.05) is 11.6 Å². The zero-order valence-corrected chi connectivity index (χ0v) is 14.6. The van der Waals surface area contributed by atoms with Crippen molar-refractivity contribution in [2.75, 3.05) is 18.5 Å². The number of nitro benzene ring substituents is 1. The van der Waals surface area contributed by atoms with E-state index in [1.165, 1.54) is 18.2 Å². The summed E-state index contributed by atoms with van der Waals surface area (Å²) in [5.74, 6) is -1.20. The maximum absolute atomic E-state index is 12.0. The number of ether oxygens (including phenoxy) is 2. The summed E-state index contributed by atoms with van der Waals surface area (Å²) in [6.45, 7) is 1.42. The average Bonchev–Trinajstić information content (AvgIpc) is 3.02. The maximum atomic E-state index is 12.0. The van der Waals surface area contributed by atoms with Crippen LogP contribution in [0.2, 0.25) is 5.02 Å². The monoisotopic (exact) mass is 384 g/mol. The standard InChI is InChI=1S/C15H13ClN2O6S/c1-2-23-15(20)10-5-6-25-14(10)17-13(19)8-24-12-4-3-9(16)7-11(12)18(21)22/h3-7H,2,8H2,1H3,(H,17,19). The van der Waals surface area contributed by atoms with Crippen molar-refractivity contribution in [1.29, 1.82) is 0 Å². The van der Waals surface area contributed by atoms with E-state index in [2.05, 4.69) is 5.32 Å². The van der Waals surface area contributed by atoms with E-state index in [9.17, 15) is 19.7 Å². The molecule has 0 radical (unpaired) electrons. The number of carbonyl (C=O) groups is 2. The number of rotatable bonds is 7. The van der Waals surface area contributed by atoms with Crippen LogP contribution in [-0.4, -0.2) is 30.0 Å². The molecule has 0 bridgehead atoms. The van der Waals surface area contributed by atoms with Gasteiger partial charge in [-0.05, 0) is 30.5 Å². The van der Waals surface area contributed by atoms with Crippen LogP contribution in [0.4, 0.5) is 10.7 Å². The zero-order valence-electron chi connectivity index (χ0n) is 13.0. The van der Waals surface area contributed by atoms with Gasteiger partial charge in [0.05, 0.1) is 17.1 Å². The normalized spacial score (nSPS) is 10.2. The molecule has 0 fully saturated rings. The van der Waals surface area contributed by atoms with Gasteiger partial charge in [0.2, 0.25) is 0 Å². The Hall–Kier alpha value is -2.65.